The predicted molar refractivity (Wildman–Crippen MR) is 123 cm³/mol. The Kier molecular flexibility index (Phi) is 6.39. The first kappa shape index (κ1) is 22.1. The number of nitrogens with one attached hydrogen (secondary N) is 1. The highest BCUT2D eigenvalue weighted by atomic mass is 16.6. The van der Waals surface area contributed by atoms with Crippen LogP contribution in [0.25, 0.3) is 0 Å². The molecule has 0 radical (unpaired) electrons. The molecule has 33 heavy (non-hydrogen) atoms. The normalized spacial score (nSPS) is 15.4. The van der Waals surface area contributed by atoms with Crippen LogP contribution < -0.4 is 14.8 Å². The molecule has 0 bridgehead atoms. The number of ether oxygens (including phenoxy) is 2. The van der Waals surface area contributed by atoms with Gasteiger partial charge in [-0.05, 0) is 43.3 Å². The van der Waals surface area contributed by atoms with Gasteiger partial charge in [0.25, 0.3) is 11.6 Å². The molecule has 2 atom stereocenters. The van der Waals surface area contributed by atoms with Gasteiger partial charge in [-0.2, -0.15) is 0 Å². The zero-order valence-electron chi connectivity index (χ0n) is 18.3. The van der Waals surface area contributed by atoms with Crippen molar-refractivity contribution in [3.05, 3.63) is 88.2 Å². The van der Waals surface area contributed by atoms with Crippen molar-refractivity contribution in [1.29, 1.82) is 0 Å². The van der Waals surface area contributed by atoms with Gasteiger partial charge in [-0.15, -0.1) is 0 Å². The van der Waals surface area contributed by atoms with Crippen LogP contribution in [0, 0.1) is 10.1 Å². The fourth-order valence-electron chi connectivity index (χ4n) is 3.64. The number of hydrogen-bond donors (Lipinski definition) is 1. The van der Waals surface area contributed by atoms with E-state index in [1.165, 1.54) is 11.0 Å². The number of amides is 1. The summed E-state index contributed by atoms with van der Waals surface area (Å²) in [5.41, 5.74) is 1.11. The van der Waals surface area contributed by atoms with Crippen LogP contribution in [0.15, 0.2) is 66.9 Å². The molecule has 0 saturated carbocycles. The fourth-order valence-corrected chi connectivity index (χ4v) is 3.64. The van der Waals surface area contributed by atoms with Gasteiger partial charge >= 0.3 is 0 Å². The minimum atomic E-state index is -0.501. The van der Waals surface area contributed by atoms with Gasteiger partial charge in [0.15, 0.2) is 17.6 Å². The van der Waals surface area contributed by atoms with E-state index in [-0.39, 0.29) is 35.8 Å². The predicted octanol–water partition coefficient (Wildman–Crippen LogP) is 4.07. The maximum Gasteiger partial charge on any atom is 0.293 e. The number of fused-ring (bicyclic) bond motifs is 1. The number of nitro benzene ring substituents is 1. The second-order valence-corrected chi connectivity index (χ2v) is 7.79. The van der Waals surface area contributed by atoms with Crippen LogP contribution in [-0.4, -0.2) is 47.0 Å². The van der Waals surface area contributed by atoms with Crippen LogP contribution in [0.1, 0.15) is 29.0 Å². The van der Waals surface area contributed by atoms with Crippen LogP contribution in [0.5, 0.6) is 11.5 Å². The van der Waals surface area contributed by atoms with Gasteiger partial charge < -0.3 is 19.7 Å². The highest BCUT2D eigenvalue weighted by Gasteiger charge is 2.26. The van der Waals surface area contributed by atoms with E-state index >= 15 is 0 Å². The monoisotopic (exact) mass is 448 g/mol. The molecule has 3 aromatic rings. The van der Waals surface area contributed by atoms with Gasteiger partial charge in [-0.25, -0.2) is 0 Å². The minimum absolute atomic E-state index is 0.178. The van der Waals surface area contributed by atoms with E-state index in [0.717, 1.165) is 5.69 Å². The van der Waals surface area contributed by atoms with Crippen molar-refractivity contribution in [3.63, 3.8) is 0 Å². The Bertz CT molecular complexity index is 1150. The number of anilines is 1. The van der Waals surface area contributed by atoms with Gasteiger partial charge in [-0.1, -0.05) is 18.2 Å². The molecule has 170 valence electrons. The number of benzene rings is 2. The van der Waals surface area contributed by atoms with Crippen molar-refractivity contribution in [2.75, 3.05) is 25.5 Å². The minimum Gasteiger partial charge on any atom is -0.486 e. The first-order valence-corrected chi connectivity index (χ1v) is 10.5. The average Bonchev–Trinajstić information content (AvgIpc) is 2.84. The lowest BCUT2D eigenvalue weighted by Crippen LogP contribution is -2.41. The molecular weight excluding hydrogens is 424 g/mol. The van der Waals surface area contributed by atoms with E-state index in [2.05, 4.69) is 10.3 Å². The number of para-hydroxylation sites is 2. The Hall–Kier alpha value is -4.14. The number of aromatic nitrogens is 1. The molecule has 2 unspecified atom stereocenters. The summed E-state index contributed by atoms with van der Waals surface area (Å²) in [5, 5.41) is 14.8. The molecule has 0 spiro atoms. The summed E-state index contributed by atoms with van der Waals surface area (Å²) in [4.78, 5) is 29.9. The molecule has 1 N–H and O–H groups in total. The lowest BCUT2D eigenvalue weighted by atomic mass is 10.1. The summed E-state index contributed by atoms with van der Waals surface area (Å²) in [6, 6.07) is 17.0. The summed E-state index contributed by atoms with van der Waals surface area (Å²) >= 11 is 0. The van der Waals surface area contributed by atoms with Crippen molar-refractivity contribution in [2.45, 2.75) is 19.1 Å². The van der Waals surface area contributed by atoms with E-state index in [1.807, 2.05) is 43.3 Å². The van der Waals surface area contributed by atoms with Crippen molar-refractivity contribution in [3.8, 4) is 11.5 Å². The first-order valence-electron chi connectivity index (χ1n) is 10.5. The van der Waals surface area contributed by atoms with Crippen molar-refractivity contribution < 1.29 is 19.2 Å². The SMILES string of the molecule is CC(Nc1ccc(C(=O)N(C)CC2COc3ccccc3O2)cc1[N+](=O)[O-])c1ccccn1. The van der Waals surface area contributed by atoms with E-state index in [0.29, 0.717) is 23.8 Å². The smallest absolute Gasteiger partial charge is 0.293 e. The number of hydrogen-bond acceptors (Lipinski definition) is 7. The number of carbonyl (C=O) groups excluding carboxylic acids is 1. The maximum absolute atomic E-state index is 13.0. The van der Waals surface area contributed by atoms with Gasteiger partial charge in [0.1, 0.15) is 12.3 Å². The molecule has 9 nitrogen and oxygen atoms in total. The molecule has 4 rings (SSSR count). The first-order chi connectivity index (χ1) is 15.9. The van der Waals surface area contributed by atoms with E-state index in [9.17, 15) is 14.9 Å². The Morgan fingerprint density at radius 3 is 2.70 bits per heavy atom. The largest absolute Gasteiger partial charge is 0.486 e. The number of nitrogens with zero attached hydrogens (tertiary/aromatic N) is 3. The van der Waals surface area contributed by atoms with Crippen molar-refractivity contribution in [2.24, 2.45) is 0 Å². The van der Waals surface area contributed by atoms with Gasteiger partial charge in [0, 0.05) is 24.9 Å². The highest BCUT2D eigenvalue weighted by molar-refractivity contribution is 5.95. The van der Waals surface area contributed by atoms with Crippen LogP contribution >= 0.6 is 0 Å². The Balaban J connectivity index is 1.46. The molecule has 1 amide bonds. The lowest BCUT2D eigenvalue weighted by Gasteiger charge is -2.29. The summed E-state index contributed by atoms with van der Waals surface area (Å²) in [5.74, 6) is 0.953. The summed E-state index contributed by atoms with van der Waals surface area (Å²) in [7, 11) is 1.63. The van der Waals surface area contributed by atoms with Crippen molar-refractivity contribution >= 4 is 17.3 Å². The average molecular weight is 448 g/mol. The standard InChI is InChI=1S/C24H24N4O5/c1-16(19-7-5-6-12-25-19)26-20-11-10-17(13-21(20)28(30)31)24(29)27(2)14-18-15-32-22-8-3-4-9-23(22)33-18/h3-13,16,18,26H,14-15H2,1-2H3. The third-order valence-electron chi connectivity index (χ3n) is 5.34. The van der Waals surface area contributed by atoms with E-state index < -0.39 is 4.92 Å². The Morgan fingerprint density at radius 1 is 1.21 bits per heavy atom. The quantitative estimate of drug-likeness (QED) is 0.429. The summed E-state index contributed by atoms with van der Waals surface area (Å²) in [6.45, 7) is 2.45. The maximum atomic E-state index is 13.0. The van der Waals surface area contributed by atoms with E-state index in [1.54, 1.807) is 31.4 Å². The van der Waals surface area contributed by atoms with Gasteiger partial charge in [0.2, 0.25) is 0 Å². The topological polar surface area (TPSA) is 107 Å². The highest BCUT2D eigenvalue weighted by Crippen LogP contribution is 2.32. The zero-order chi connectivity index (χ0) is 23.4. The molecule has 1 aliphatic heterocycles. The molecule has 1 aliphatic rings. The Morgan fingerprint density at radius 2 is 1.97 bits per heavy atom. The molecule has 0 fully saturated rings. The number of carbonyl (C=O) groups is 1. The second kappa shape index (κ2) is 9.56. The van der Waals surface area contributed by atoms with Gasteiger partial charge in [-0.3, -0.25) is 19.9 Å². The molecular formula is C24H24N4O5. The third-order valence-corrected chi connectivity index (χ3v) is 5.34. The molecule has 2 heterocycles. The van der Waals surface area contributed by atoms with Crippen LogP contribution in [0.2, 0.25) is 0 Å². The number of nitro groups is 1. The molecule has 1 aromatic heterocycles. The third kappa shape index (κ3) is 5.03. The fraction of sp³-hybridized carbons (Fsp3) is 0.250. The second-order valence-electron chi connectivity index (χ2n) is 7.79. The molecule has 0 saturated heterocycles. The van der Waals surface area contributed by atoms with Gasteiger partial charge in [0.05, 0.1) is 23.2 Å². The molecule has 0 aliphatic carbocycles. The van der Waals surface area contributed by atoms with Crippen LogP contribution in [0.4, 0.5) is 11.4 Å². The molecule has 9 heteroatoms. The lowest BCUT2D eigenvalue weighted by molar-refractivity contribution is -0.384. The summed E-state index contributed by atoms with van der Waals surface area (Å²) in [6.07, 6.45) is 1.32. The van der Waals surface area contributed by atoms with Crippen molar-refractivity contribution in [1.82, 2.24) is 9.88 Å². The van der Waals surface area contributed by atoms with Crippen LogP contribution in [0.3, 0.4) is 0 Å². The number of rotatable bonds is 7. The Labute approximate surface area is 191 Å². The van der Waals surface area contributed by atoms with Crippen LogP contribution in [-0.2, 0) is 0 Å². The zero-order valence-corrected chi connectivity index (χ0v) is 18.3. The number of likely N-dealkylation sites (N-methyl/N-ethyl adjacent to an activating group) is 1. The number of pyridine rings is 1. The molecule has 2 aromatic carbocycles. The van der Waals surface area contributed by atoms with E-state index in [4.69, 9.17) is 9.47 Å². The summed E-state index contributed by atoms with van der Waals surface area (Å²) < 4.78 is 11.6.